The summed E-state index contributed by atoms with van der Waals surface area (Å²) in [6, 6.07) is 0.689. The van der Waals surface area contributed by atoms with E-state index in [-0.39, 0.29) is 0 Å². The van der Waals surface area contributed by atoms with Crippen LogP contribution >= 0.6 is 0 Å². The molecule has 0 aromatic rings. The van der Waals surface area contributed by atoms with Crippen LogP contribution in [0.4, 0.5) is 0 Å². The molecule has 1 unspecified atom stereocenters. The lowest BCUT2D eigenvalue weighted by Crippen LogP contribution is -2.26. The van der Waals surface area contributed by atoms with E-state index in [0.29, 0.717) is 6.04 Å². The van der Waals surface area contributed by atoms with Gasteiger partial charge in [0.2, 0.25) is 0 Å². The van der Waals surface area contributed by atoms with E-state index in [2.05, 4.69) is 24.2 Å². The van der Waals surface area contributed by atoms with Gasteiger partial charge in [-0.05, 0) is 59.3 Å². The first-order valence-corrected chi connectivity index (χ1v) is 6.72. The Morgan fingerprint density at radius 1 is 1.07 bits per heavy atom. The van der Waals surface area contributed by atoms with Crippen LogP contribution in [-0.4, -0.2) is 37.6 Å². The summed E-state index contributed by atoms with van der Waals surface area (Å²) in [4.78, 5) is 2.66. The van der Waals surface area contributed by atoms with Crippen LogP contribution in [0.5, 0.6) is 0 Å². The van der Waals surface area contributed by atoms with Gasteiger partial charge in [-0.2, -0.15) is 0 Å². The third-order valence-electron chi connectivity index (χ3n) is 3.55. The highest BCUT2D eigenvalue weighted by Crippen LogP contribution is 2.11. The second-order valence-corrected chi connectivity index (χ2v) is 4.94. The quantitative estimate of drug-likeness (QED) is 0.681. The molecular formula is C13H28N2. The fraction of sp³-hybridized carbons (Fsp3) is 1.00. The van der Waals surface area contributed by atoms with Crippen LogP contribution in [0.1, 0.15) is 51.9 Å². The Kier molecular flexibility index (Phi) is 7.03. The average Bonchev–Trinajstić information content (AvgIpc) is 2.52. The Labute approximate surface area is 95.4 Å². The molecule has 2 heteroatoms. The second-order valence-electron chi connectivity index (χ2n) is 4.94. The highest BCUT2D eigenvalue weighted by molar-refractivity contribution is 4.64. The molecule has 1 rings (SSSR count). The van der Waals surface area contributed by atoms with Crippen LogP contribution in [0.3, 0.4) is 0 Å². The molecule has 0 aliphatic carbocycles. The average molecular weight is 212 g/mol. The highest BCUT2D eigenvalue weighted by Gasteiger charge is 2.08. The van der Waals surface area contributed by atoms with Crippen LogP contribution in [0, 0.1) is 0 Å². The summed E-state index contributed by atoms with van der Waals surface area (Å²) in [5.41, 5.74) is 0. The first-order chi connectivity index (χ1) is 7.33. The smallest absolute Gasteiger partial charge is 0.00357 e. The number of nitrogens with one attached hydrogen (secondary N) is 1. The molecule has 1 heterocycles. The van der Waals surface area contributed by atoms with Crippen molar-refractivity contribution in [1.82, 2.24) is 10.2 Å². The van der Waals surface area contributed by atoms with Crippen molar-refractivity contribution >= 4 is 0 Å². The van der Waals surface area contributed by atoms with Crippen LogP contribution in [0.15, 0.2) is 0 Å². The van der Waals surface area contributed by atoms with Crippen LogP contribution in [-0.2, 0) is 0 Å². The van der Waals surface area contributed by atoms with Crippen molar-refractivity contribution in [3.63, 3.8) is 0 Å². The molecule has 2 nitrogen and oxygen atoms in total. The number of hydrogen-bond donors (Lipinski definition) is 1. The highest BCUT2D eigenvalue weighted by atomic mass is 15.1. The number of nitrogens with zero attached hydrogens (tertiary/aromatic N) is 1. The second kappa shape index (κ2) is 8.12. The van der Waals surface area contributed by atoms with Crippen molar-refractivity contribution in [3.8, 4) is 0 Å². The minimum atomic E-state index is 0.689. The normalized spacial score (nSPS) is 21.2. The van der Waals surface area contributed by atoms with Crippen molar-refractivity contribution in [1.29, 1.82) is 0 Å². The summed E-state index contributed by atoms with van der Waals surface area (Å²) in [6.45, 7) is 6.30. The molecule has 1 aliphatic rings. The molecule has 1 saturated heterocycles. The van der Waals surface area contributed by atoms with E-state index in [4.69, 9.17) is 0 Å². The summed E-state index contributed by atoms with van der Waals surface area (Å²) in [6.07, 6.45) is 9.83. The molecule has 15 heavy (non-hydrogen) atoms. The van der Waals surface area contributed by atoms with E-state index in [1.807, 2.05) is 0 Å². The van der Waals surface area contributed by atoms with Crippen molar-refractivity contribution in [2.24, 2.45) is 0 Å². The van der Waals surface area contributed by atoms with E-state index in [1.165, 1.54) is 64.6 Å². The number of rotatable bonds is 6. The fourth-order valence-corrected chi connectivity index (χ4v) is 2.29. The van der Waals surface area contributed by atoms with Gasteiger partial charge in [0.1, 0.15) is 0 Å². The van der Waals surface area contributed by atoms with Crippen molar-refractivity contribution < 1.29 is 0 Å². The van der Waals surface area contributed by atoms with E-state index < -0.39 is 0 Å². The maximum absolute atomic E-state index is 3.30. The molecule has 0 saturated carbocycles. The van der Waals surface area contributed by atoms with Crippen molar-refractivity contribution in [2.75, 3.05) is 26.7 Å². The van der Waals surface area contributed by atoms with Crippen LogP contribution in [0.2, 0.25) is 0 Å². The molecule has 1 aliphatic heterocycles. The molecule has 0 aromatic carbocycles. The van der Waals surface area contributed by atoms with Crippen LogP contribution < -0.4 is 5.32 Å². The summed E-state index contributed by atoms with van der Waals surface area (Å²) < 4.78 is 0. The van der Waals surface area contributed by atoms with Crippen molar-refractivity contribution in [2.45, 2.75) is 57.9 Å². The Hall–Kier alpha value is -0.0800. The summed E-state index contributed by atoms with van der Waals surface area (Å²) in [7, 11) is 2.06. The standard InChI is InChI=1S/C13H28N2/c1-13(14-2)9-5-8-12-15-10-6-3-4-7-11-15/h13-14H,3-12H2,1-2H3. The third kappa shape index (κ3) is 6.16. The van der Waals surface area contributed by atoms with Gasteiger partial charge < -0.3 is 10.2 Å². The topological polar surface area (TPSA) is 15.3 Å². The van der Waals surface area contributed by atoms with Crippen molar-refractivity contribution in [3.05, 3.63) is 0 Å². The number of hydrogen-bond acceptors (Lipinski definition) is 2. The lowest BCUT2D eigenvalue weighted by atomic mass is 10.1. The zero-order chi connectivity index (χ0) is 10.9. The first-order valence-electron chi connectivity index (χ1n) is 6.72. The van der Waals surface area contributed by atoms with E-state index in [1.54, 1.807) is 0 Å². The van der Waals surface area contributed by atoms with Gasteiger partial charge in [0, 0.05) is 6.04 Å². The lowest BCUT2D eigenvalue weighted by molar-refractivity contribution is 0.276. The molecule has 0 amide bonds. The van der Waals surface area contributed by atoms with Gasteiger partial charge in [0.15, 0.2) is 0 Å². The molecule has 0 aromatic heterocycles. The molecule has 90 valence electrons. The van der Waals surface area contributed by atoms with Gasteiger partial charge in [-0.3, -0.25) is 0 Å². The molecule has 0 spiro atoms. The number of unbranched alkanes of at least 4 members (excludes halogenated alkanes) is 1. The van der Waals surface area contributed by atoms with Gasteiger partial charge in [0.05, 0.1) is 0 Å². The molecule has 1 atom stereocenters. The zero-order valence-corrected chi connectivity index (χ0v) is 10.6. The molecule has 0 bridgehead atoms. The lowest BCUT2D eigenvalue weighted by Gasteiger charge is -2.19. The van der Waals surface area contributed by atoms with E-state index in [0.717, 1.165) is 0 Å². The largest absolute Gasteiger partial charge is 0.317 e. The summed E-state index contributed by atoms with van der Waals surface area (Å²) >= 11 is 0. The summed E-state index contributed by atoms with van der Waals surface area (Å²) in [5, 5.41) is 3.30. The SMILES string of the molecule is CNC(C)CCCCN1CCCCCC1. The van der Waals surface area contributed by atoms with Gasteiger partial charge in [0.25, 0.3) is 0 Å². The molecule has 1 N–H and O–H groups in total. The van der Waals surface area contributed by atoms with Gasteiger partial charge >= 0.3 is 0 Å². The third-order valence-corrected chi connectivity index (χ3v) is 3.55. The Bertz CT molecular complexity index is 139. The molecule has 0 radical (unpaired) electrons. The Balaban J connectivity index is 1.98. The zero-order valence-electron chi connectivity index (χ0n) is 10.6. The summed E-state index contributed by atoms with van der Waals surface area (Å²) in [5.74, 6) is 0. The van der Waals surface area contributed by atoms with E-state index in [9.17, 15) is 0 Å². The Morgan fingerprint density at radius 2 is 1.73 bits per heavy atom. The molecular weight excluding hydrogens is 184 g/mol. The maximum Gasteiger partial charge on any atom is 0.00357 e. The van der Waals surface area contributed by atoms with Gasteiger partial charge in [-0.25, -0.2) is 0 Å². The maximum atomic E-state index is 3.30. The molecule has 1 fully saturated rings. The Morgan fingerprint density at radius 3 is 2.33 bits per heavy atom. The minimum absolute atomic E-state index is 0.689. The minimum Gasteiger partial charge on any atom is -0.317 e. The van der Waals surface area contributed by atoms with E-state index >= 15 is 0 Å². The van der Waals surface area contributed by atoms with Gasteiger partial charge in [-0.1, -0.05) is 19.3 Å². The first kappa shape index (κ1) is 13.0. The number of likely N-dealkylation sites (tertiary alicyclic amines) is 1. The predicted octanol–water partition coefficient (Wildman–Crippen LogP) is 2.64. The fourth-order valence-electron chi connectivity index (χ4n) is 2.29. The predicted molar refractivity (Wildman–Crippen MR) is 67.3 cm³/mol. The van der Waals surface area contributed by atoms with Gasteiger partial charge in [-0.15, -0.1) is 0 Å². The monoisotopic (exact) mass is 212 g/mol. The van der Waals surface area contributed by atoms with Crippen LogP contribution in [0.25, 0.3) is 0 Å².